The van der Waals surface area contributed by atoms with Crippen LogP contribution in [0.2, 0.25) is 0 Å². The summed E-state index contributed by atoms with van der Waals surface area (Å²) in [6.07, 6.45) is 1.99. The fraction of sp³-hybridized carbons (Fsp3) is 0.444. The molecule has 0 amide bonds. The Labute approximate surface area is 252 Å². The lowest BCUT2D eigenvalue weighted by Gasteiger charge is -2.40. The van der Waals surface area contributed by atoms with E-state index in [-0.39, 0.29) is 23.4 Å². The number of carbonyl (C=O) groups is 2. The number of carbonyl (C=O) groups excluding carboxylic acids is 2. The molecule has 1 aliphatic rings. The van der Waals surface area contributed by atoms with Crippen molar-refractivity contribution in [3.05, 3.63) is 102 Å². The van der Waals surface area contributed by atoms with Gasteiger partial charge in [0.1, 0.15) is 11.5 Å². The average molecular weight is 573 g/mol. The Morgan fingerprint density at radius 1 is 0.929 bits per heavy atom. The first-order valence-corrected chi connectivity index (χ1v) is 15.1. The molecule has 0 aromatic heterocycles. The number of Topliss-reactive ketones (excluding diaryl/α,β-unsaturated/α-hetero) is 1. The highest BCUT2D eigenvalue weighted by Crippen LogP contribution is 2.41. The van der Waals surface area contributed by atoms with Crippen LogP contribution in [0.3, 0.4) is 0 Å². The van der Waals surface area contributed by atoms with Crippen LogP contribution < -0.4 is 0 Å². The molecule has 1 heterocycles. The van der Waals surface area contributed by atoms with Crippen molar-refractivity contribution in [1.29, 1.82) is 0 Å². The molecule has 4 rings (SSSR count). The van der Waals surface area contributed by atoms with Gasteiger partial charge >= 0.3 is 5.97 Å². The summed E-state index contributed by atoms with van der Waals surface area (Å²) in [5.74, 6) is 0.479. The van der Waals surface area contributed by atoms with Gasteiger partial charge in [-0.15, -0.1) is 0 Å². The summed E-state index contributed by atoms with van der Waals surface area (Å²) in [5, 5.41) is 9.66. The molecule has 0 saturated carbocycles. The first-order chi connectivity index (χ1) is 20.1. The summed E-state index contributed by atoms with van der Waals surface area (Å²) < 4.78 is 5.28. The molecular weight excluding hydrogens is 524 g/mol. The Hall–Kier alpha value is -3.48. The molecule has 3 aromatic rings. The van der Waals surface area contributed by atoms with E-state index in [9.17, 15) is 14.7 Å². The standard InChI is InChI=1S/C21H27NO.C15H21NO3/c1-5-20(23)21(17(2)16-22(3)4,18-12-8-6-9-13-18)19-14-10-7-11-15-19;1-3-19-14(18)15(7-9-16(2)10-8-15)12-5-4-6-13(17)11-12/h6-15,17H,5,16H2,1-4H3;4-6,11,17H,3,7-10H2,1-2H3. The Kier molecular flexibility index (Phi) is 11.9. The summed E-state index contributed by atoms with van der Waals surface area (Å²) in [6, 6.07) is 27.5. The number of phenols is 1. The second-order valence-corrected chi connectivity index (χ2v) is 11.6. The molecule has 1 unspecified atom stereocenters. The number of piperidine rings is 1. The fourth-order valence-corrected chi connectivity index (χ4v) is 6.38. The summed E-state index contributed by atoms with van der Waals surface area (Å²) in [4.78, 5) is 30.0. The van der Waals surface area contributed by atoms with Crippen LogP contribution in [0.15, 0.2) is 84.9 Å². The van der Waals surface area contributed by atoms with E-state index in [0.717, 1.165) is 49.2 Å². The molecule has 0 bridgehead atoms. The minimum atomic E-state index is -0.610. The molecule has 1 atom stereocenters. The van der Waals surface area contributed by atoms with Crippen LogP contribution in [-0.2, 0) is 25.2 Å². The molecule has 3 aromatic carbocycles. The van der Waals surface area contributed by atoms with Gasteiger partial charge in [-0.2, -0.15) is 0 Å². The summed E-state index contributed by atoms with van der Waals surface area (Å²) in [6.45, 7) is 8.93. The van der Waals surface area contributed by atoms with Gasteiger partial charge in [-0.1, -0.05) is 86.6 Å². The molecule has 1 N–H and O–H groups in total. The van der Waals surface area contributed by atoms with Crippen LogP contribution >= 0.6 is 0 Å². The number of rotatable bonds is 10. The lowest BCUT2D eigenvalue weighted by molar-refractivity contribution is -0.152. The highest BCUT2D eigenvalue weighted by atomic mass is 16.5. The molecule has 226 valence electrons. The van der Waals surface area contributed by atoms with E-state index in [4.69, 9.17) is 4.74 Å². The molecule has 1 saturated heterocycles. The van der Waals surface area contributed by atoms with E-state index in [0.29, 0.717) is 13.0 Å². The number of aromatic hydroxyl groups is 1. The van der Waals surface area contributed by atoms with Gasteiger partial charge in [0.15, 0.2) is 0 Å². The van der Waals surface area contributed by atoms with Crippen molar-refractivity contribution in [2.75, 3.05) is 47.4 Å². The lowest BCUT2D eigenvalue weighted by Crippen LogP contribution is -2.47. The van der Waals surface area contributed by atoms with Gasteiger partial charge in [0.05, 0.1) is 17.4 Å². The first-order valence-electron chi connectivity index (χ1n) is 15.1. The smallest absolute Gasteiger partial charge is 0.316 e. The van der Waals surface area contributed by atoms with Gasteiger partial charge in [-0.05, 0) is 88.7 Å². The van der Waals surface area contributed by atoms with E-state index in [1.54, 1.807) is 18.2 Å². The summed E-state index contributed by atoms with van der Waals surface area (Å²) in [5.41, 5.74) is 1.84. The Bertz CT molecular complexity index is 1230. The third-order valence-corrected chi connectivity index (χ3v) is 8.50. The average Bonchev–Trinajstić information content (AvgIpc) is 2.99. The normalized spacial score (nSPS) is 15.8. The maximum absolute atomic E-state index is 13.2. The maximum Gasteiger partial charge on any atom is 0.316 e. The zero-order valence-electron chi connectivity index (χ0n) is 26.2. The number of phenolic OH excluding ortho intramolecular Hbond substituents is 1. The Morgan fingerprint density at radius 3 is 1.93 bits per heavy atom. The van der Waals surface area contributed by atoms with Crippen molar-refractivity contribution in [3.63, 3.8) is 0 Å². The van der Waals surface area contributed by atoms with Gasteiger partial charge in [0.2, 0.25) is 0 Å². The fourth-order valence-electron chi connectivity index (χ4n) is 6.38. The summed E-state index contributed by atoms with van der Waals surface area (Å²) in [7, 11) is 6.18. The lowest BCUT2D eigenvalue weighted by atomic mass is 9.63. The zero-order chi connectivity index (χ0) is 30.8. The van der Waals surface area contributed by atoms with Gasteiger partial charge in [-0.3, -0.25) is 9.59 Å². The van der Waals surface area contributed by atoms with Crippen molar-refractivity contribution in [3.8, 4) is 5.75 Å². The van der Waals surface area contributed by atoms with Crippen molar-refractivity contribution in [2.24, 2.45) is 5.92 Å². The maximum atomic E-state index is 13.2. The van der Waals surface area contributed by atoms with Crippen LogP contribution in [0.4, 0.5) is 0 Å². The second kappa shape index (κ2) is 15.1. The predicted molar refractivity (Wildman–Crippen MR) is 170 cm³/mol. The molecule has 6 heteroatoms. The molecule has 0 spiro atoms. The van der Waals surface area contributed by atoms with E-state index < -0.39 is 10.8 Å². The van der Waals surface area contributed by atoms with Crippen LogP contribution in [0.1, 0.15) is 56.7 Å². The number of ketones is 1. The number of hydrogen-bond acceptors (Lipinski definition) is 6. The SMILES string of the molecule is CCC(=O)C(c1ccccc1)(c1ccccc1)C(C)CN(C)C.CCOC(=O)C1(c2cccc(O)c2)CCN(C)CC1. The zero-order valence-corrected chi connectivity index (χ0v) is 26.2. The number of likely N-dealkylation sites (tertiary alicyclic amines) is 1. The molecule has 1 fully saturated rings. The third kappa shape index (κ3) is 7.29. The number of ether oxygens (including phenoxy) is 1. The topological polar surface area (TPSA) is 70.1 Å². The van der Waals surface area contributed by atoms with Gasteiger partial charge in [-0.25, -0.2) is 0 Å². The molecule has 0 radical (unpaired) electrons. The van der Waals surface area contributed by atoms with E-state index in [1.165, 1.54) is 0 Å². The largest absolute Gasteiger partial charge is 0.508 e. The molecule has 6 nitrogen and oxygen atoms in total. The Morgan fingerprint density at radius 2 is 1.48 bits per heavy atom. The molecule has 0 aliphatic carbocycles. The highest BCUT2D eigenvalue weighted by molar-refractivity contribution is 5.94. The van der Waals surface area contributed by atoms with Crippen molar-refractivity contribution in [2.45, 2.75) is 50.9 Å². The van der Waals surface area contributed by atoms with Gasteiger partial charge < -0.3 is 19.6 Å². The molecular formula is C36H48N2O4. The number of hydrogen-bond donors (Lipinski definition) is 1. The van der Waals surface area contributed by atoms with Gasteiger partial charge in [0, 0.05) is 13.0 Å². The third-order valence-electron chi connectivity index (χ3n) is 8.50. The summed E-state index contributed by atoms with van der Waals surface area (Å²) >= 11 is 0. The number of nitrogens with zero attached hydrogens (tertiary/aromatic N) is 2. The molecule has 1 aliphatic heterocycles. The highest BCUT2D eigenvalue weighted by Gasteiger charge is 2.45. The second-order valence-electron chi connectivity index (χ2n) is 11.6. The van der Waals surface area contributed by atoms with Crippen LogP contribution in [0.5, 0.6) is 5.75 Å². The predicted octanol–water partition coefficient (Wildman–Crippen LogP) is 6.07. The first kappa shape index (κ1) is 33.0. The minimum absolute atomic E-state index is 0.172. The minimum Gasteiger partial charge on any atom is -0.508 e. The van der Waals surface area contributed by atoms with Crippen molar-refractivity contribution in [1.82, 2.24) is 9.80 Å². The van der Waals surface area contributed by atoms with E-state index in [2.05, 4.69) is 62.1 Å². The number of esters is 1. The van der Waals surface area contributed by atoms with Crippen molar-refractivity contribution < 1.29 is 19.4 Å². The van der Waals surface area contributed by atoms with Crippen LogP contribution in [0.25, 0.3) is 0 Å². The van der Waals surface area contributed by atoms with E-state index in [1.807, 2.05) is 56.3 Å². The quantitative estimate of drug-likeness (QED) is 0.298. The van der Waals surface area contributed by atoms with Crippen LogP contribution in [0, 0.1) is 5.92 Å². The van der Waals surface area contributed by atoms with Crippen molar-refractivity contribution >= 4 is 11.8 Å². The Balaban J connectivity index is 0.000000235. The molecule has 42 heavy (non-hydrogen) atoms. The van der Waals surface area contributed by atoms with E-state index >= 15 is 0 Å². The number of benzene rings is 3. The monoisotopic (exact) mass is 572 g/mol. The van der Waals surface area contributed by atoms with Crippen LogP contribution in [-0.4, -0.2) is 74.0 Å². The van der Waals surface area contributed by atoms with Gasteiger partial charge in [0.25, 0.3) is 0 Å².